The molecule has 1 heterocycles. The first kappa shape index (κ1) is 19.1. The predicted molar refractivity (Wildman–Crippen MR) is 116 cm³/mol. The van der Waals surface area contributed by atoms with E-state index >= 15 is 0 Å². The number of urea groups is 1. The van der Waals surface area contributed by atoms with Gasteiger partial charge < -0.3 is 10.6 Å². The Bertz CT molecular complexity index is 1270. The van der Waals surface area contributed by atoms with Crippen LogP contribution in [0.2, 0.25) is 0 Å². The van der Waals surface area contributed by atoms with Gasteiger partial charge in [-0.25, -0.2) is 23.5 Å². The van der Waals surface area contributed by atoms with E-state index in [-0.39, 0.29) is 23.7 Å². The molecule has 0 unspecified atom stereocenters. The van der Waals surface area contributed by atoms with Crippen molar-refractivity contribution in [1.82, 2.24) is 15.3 Å². The molecule has 2 amide bonds. The van der Waals surface area contributed by atoms with Crippen molar-refractivity contribution < 1.29 is 13.6 Å². The summed E-state index contributed by atoms with van der Waals surface area (Å²) in [5.74, 6) is -0.699. The number of nitrogens with one attached hydrogen (secondary N) is 2. The maximum absolute atomic E-state index is 13.5. The number of carbonyl (C=O) groups is 1. The summed E-state index contributed by atoms with van der Waals surface area (Å²) in [6, 6.07) is 17.2. The lowest BCUT2D eigenvalue weighted by atomic mass is 10.0. The number of fused-ring (bicyclic) bond motifs is 1. The molecule has 1 saturated carbocycles. The lowest BCUT2D eigenvalue weighted by Gasteiger charge is -2.12. The first-order valence-electron chi connectivity index (χ1n) is 9.96. The van der Waals surface area contributed by atoms with Crippen molar-refractivity contribution >= 4 is 22.8 Å². The van der Waals surface area contributed by atoms with E-state index in [1.807, 2.05) is 0 Å². The third kappa shape index (κ3) is 4.21. The third-order valence-corrected chi connectivity index (χ3v) is 5.07. The van der Waals surface area contributed by atoms with Gasteiger partial charge in [-0.3, -0.25) is 0 Å². The van der Waals surface area contributed by atoms with E-state index in [2.05, 4.69) is 10.6 Å². The molecule has 0 bridgehead atoms. The molecule has 0 aliphatic heterocycles. The highest BCUT2D eigenvalue weighted by Crippen LogP contribution is 2.32. The van der Waals surface area contributed by atoms with Gasteiger partial charge in [0, 0.05) is 22.9 Å². The van der Waals surface area contributed by atoms with E-state index in [0.29, 0.717) is 39.2 Å². The molecule has 5 nitrogen and oxygen atoms in total. The van der Waals surface area contributed by atoms with Crippen LogP contribution in [0.25, 0.3) is 33.5 Å². The molecule has 0 spiro atoms. The fourth-order valence-electron chi connectivity index (χ4n) is 3.33. The molecule has 0 saturated heterocycles. The van der Waals surface area contributed by atoms with Gasteiger partial charge in [0.2, 0.25) is 0 Å². The van der Waals surface area contributed by atoms with Gasteiger partial charge in [-0.15, -0.1) is 0 Å². The first-order valence-corrected chi connectivity index (χ1v) is 9.96. The van der Waals surface area contributed by atoms with Crippen molar-refractivity contribution in [2.75, 3.05) is 5.32 Å². The molecule has 3 aromatic carbocycles. The normalized spacial score (nSPS) is 13.2. The zero-order valence-electron chi connectivity index (χ0n) is 16.4. The highest BCUT2D eigenvalue weighted by Gasteiger charge is 2.23. The minimum Gasteiger partial charge on any atom is -0.335 e. The predicted octanol–water partition coefficient (Wildman–Crippen LogP) is 5.53. The summed E-state index contributed by atoms with van der Waals surface area (Å²) in [6.45, 7) is 0. The largest absolute Gasteiger partial charge is 0.335 e. The van der Waals surface area contributed by atoms with Crippen LogP contribution in [0.5, 0.6) is 0 Å². The van der Waals surface area contributed by atoms with Crippen LogP contribution in [-0.4, -0.2) is 22.0 Å². The Morgan fingerprint density at radius 2 is 1.32 bits per heavy atom. The highest BCUT2D eigenvalue weighted by molar-refractivity contribution is 5.93. The maximum atomic E-state index is 13.5. The van der Waals surface area contributed by atoms with Gasteiger partial charge >= 0.3 is 6.03 Å². The molecule has 1 aliphatic rings. The topological polar surface area (TPSA) is 66.9 Å². The van der Waals surface area contributed by atoms with E-state index < -0.39 is 0 Å². The SMILES string of the molecule is O=C(Nc1ccc2nc(-c3ccc(F)cc3)c(-c3ccc(F)cc3)nc2c1)NC1CC1. The number of rotatable bonds is 4. The number of hydrogen-bond acceptors (Lipinski definition) is 3. The molecule has 5 rings (SSSR count). The number of carbonyl (C=O) groups excluding carboxylic acids is 1. The van der Waals surface area contributed by atoms with Crippen LogP contribution in [0.3, 0.4) is 0 Å². The van der Waals surface area contributed by atoms with Gasteiger partial charge in [0.1, 0.15) is 11.6 Å². The van der Waals surface area contributed by atoms with Gasteiger partial charge in [-0.1, -0.05) is 0 Å². The van der Waals surface area contributed by atoms with E-state index in [9.17, 15) is 13.6 Å². The van der Waals surface area contributed by atoms with Crippen LogP contribution in [0.15, 0.2) is 66.7 Å². The van der Waals surface area contributed by atoms with Crippen LogP contribution >= 0.6 is 0 Å². The number of aromatic nitrogens is 2. The quantitative estimate of drug-likeness (QED) is 0.460. The van der Waals surface area contributed by atoms with Gasteiger partial charge in [0.05, 0.1) is 22.4 Å². The fraction of sp³-hybridized carbons (Fsp3) is 0.125. The summed E-state index contributed by atoms with van der Waals surface area (Å²) in [5, 5.41) is 5.69. The van der Waals surface area contributed by atoms with Crippen LogP contribution in [0, 0.1) is 11.6 Å². The standard InChI is InChI=1S/C24H18F2N4O/c25-16-5-1-14(2-6-16)22-23(15-3-7-17(26)8-4-15)30-21-13-19(11-12-20(21)29-22)28-24(31)27-18-9-10-18/h1-8,11-13,18H,9-10H2,(H2,27,28,31). The molecular formula is C24H18F2N4O. The Morgan fingerprint density at radius 3 is 1.87 bits per heavy atom. The van der Waals surface area contributed by atoms with Crippen molar-refractivity contribution in [2.24, 2.45) is 0 Å². The van der Waals surface area contributed by atoms with Crippen LogP contribution in [0.1, 0.15) is 12.8 Å². The molecule has 154 valence electrons. The molecule has 31 heavy (non-hydrogen) atoms. The number of hydrogen-bond donors (Lipinski definition) is 2. The number of anilines is 1. The summed E-state index contributed by atoms with van der Waals surface area (Å²) >= 11 is 0. The van der Waals surface area contributed by atoms with E-state index in [1.54, 1.807) is 42.5 Å². The van der Waals surface area contributed by atoms with Gasteiger partial charge in [0.15, 0.2) is 0 Å². The summed E-state index contributed by atoms with van der Waals surface area (Å²) in [7, 11) is 0. The Labute approximate surface area is 177 Å². The van der Waals surface area contributed by atoms with E-state index in [1.165, 1.54) is 24.3 Å². The molecule has 0 atom stereocenters. The Balaban J connectivity index is 1.59. The molecule has 2 N–H and O–H groups in total. The lowest BCUT2D eigenvalue weighted by molar-refractivity contribution is 0.251. The Hall–Kier alpha value is -3.87. The number of halogens is 2. The van der Waals surface area contributed by atoms with E-state index in [0.717, 1.165) is 12.8 Å². The molecule has 1 aromatic heterocycles. The second-order valence-corrected chi connectivity index (χ2v) is 7.51. The zero-order chi connectivity index (χ0) is 21.4. The fourth-order valence-corrected chi connectivity index (χ4v) is 3.33. The average Bonchev–Trinajstić information content (AvgIpc) is 3.58. The van der Waals surface area contributed by atoms with Crippen molar-refractivity contribution in [3.8, 4) is 22.5 Å². The Morgan fingerprint density at radius 1 is 0.774 bits per heavy atom. The molecule has 1 aliphatic carbocycles. The molecule has 4 aromatic rings. The van der Waals surface area contributed by atoms with Crippen molar-refractivity contribution in [2.45, 2.75) is 18.9 Å². The van der Waals surface area contributed by atoms with Crippen molar-refractivity contribution in [3.63, 3.8) is 0 Å². The average molecular weight is 416 g/mol. The zero-order valence-corrected chi connectivity index (χ0v) is 16.4. The number of benzene rings is 3. The minimum absolute atomic E-state index is 0.253. The number of nitrogens with zero attached hydrogens (tertiary/aromatic N) is 2. The van der Waals surface area contributed by atoms with Crippen LogP contribution in [0.4, 0.5) is 19.3 Å². The van der Waals surface area contributed by atoms with Crippen LogP contribution in [-0.2, 0) is 0 Å². The van der Waals surface area contributed by atoms with Gasteiger partial charge in [0.25, 0.3) is 0 Å². The summed E-state index contributed by atoms with van der Waals surface area (Å²) < 4.78 is 26.9. The number of amides is 2. The summed E-state index contributed by atoms with van der Waals surface area (Å²) in [4.78, 5) is 21.6. The van der Waals surface area contributed by atoms with E-state index in [4.69, 9.17) is 9.97 Å². The van der Waals surface area contributed by atoms with Gasteiger partial charge in [-0.2, -0.15) is 0 Å². The summed E-state index contributed by atoms with van der Waals surface area (Å²) in [6.07, 6.45) is 2.01. The second kappa shape index (κ2) is 7.75. The Kier molecular flexibility index (Phi) is 4.78. The maximum Gasteiger partial charge on any atom is 0.319 e. The van der Waals surface area contributed by atoms with Crippen molar-refractivity contribution in [3.05, 3.63) is 78.4 Å². The molecular weight excluding hydrogens is 398 g/mol. The lowest BCUT2D eigenvalue weighted by Crippen LogP contribution is -2.30. The monoisotopic (exact) mass is 416 g/mol. The van der Waals surface area contributed by atoms with Crippen molar-refractivity contribution in [1.29, 1.82) is 0 Å². The minimum atomic E-state index is -0.353. The third-order valence-electron chi connectivity index (χ3n) is 5.07. The van der Waals surface area contributed by atoms with Crippen LogP contribution < -0.4 is 10.6 Å². The molecule has 0 radical (unpaired) electrons. The smallest absolute Gasteiger partial charge is 0.319 e. The second-order valence-electron chi connectivity index (χ2n) is 7.51. The highest BCUT2D eigenvalue weighted by atomic mass is 19.1. The first-order chi connectivity index (χ1) is 15.0. The molecule has 1 fully saturated rings. The van der Waals surface area contributed by atoms with Gasteiger partial charge in [-0.05, 0) is 79.6 Å². The summed E-state index contributed by atoms with van der Waals surface area (Å²) in [5.41, 5.74) is 4.28. The molecule has 7 heteroatoms.